The third-order valence-corrected chi connectivity index (χ3v) is 7.19. The monoisotopic (exact) mass is 481 g/mol. The maximum Gasteiger partial charge on any atom is 0.230 e. The quantitative estimate of drug-likeness (QED) is 0.336. The van der Waals surface area contributed by atoms with Gasteiger partial charge in [0.2, 0.25) is 5.89 Å². The van der Waals surface area contributed by atoms with Crippen LogP contribution in [-0.2, 0) is 9.84 Å². The second-order valence-electron chi connectivity index (χ2n) is 7.77. The Morgan fingerprint density at radius 1 is 1.27 bits per heavy atom. The second-order valence-corrected chi connectivity index (χ2v) is 10.6. The van der Waals surface area contributed by atoms with E-state index in [-0.39, 0.29) is 23.0 Å². The zero-order chi connectivity index (χ0) is 23.0. The minimum atomic E-state index is -3.48. The molecule has 1 fully saturated rings. The summed E-state index contributed by atoms with van der Waals surface area (Å²) in [6.07, 6.45) is 9.03. The SMILES string of the molecule is CS(=O)(=O)c1coc(-c2cnc3[nH]ccc3c2N[C@H]2C[C@@H](NSc3cc(C#N)ccn3)C2)n1. The van der Waals surface area contributed by atoms with Crippen LogP contribution in [0, 0.1) is 11.3 Å². The minimum absolute atomic E-state index is 0.114. The zero-order valence-electron chi connectivity index (χ0n) is 17.4. The molecule has 0 radical (unpaired) electrons. The number of hydrogen-bond acceptors (Lipinski definition) is 10. The van der Waals surface area contributed by atoms with Crippen molar-refractivity contribution in [1.29, 1.82) is 5.26 Å². The van der Waals surface area contributed by atoms with Crippen LogP contribution in [0.25, 0.3) is 22.5 Å². The summed E-state index contributed by atoms with van der Waals surface area (Å²) in [5, 5.41) is 14.1. The number of aromatic amines is 1. The van der Waals surface area contributed by atoms with Crippen molar-refractivity contribution in [3.63, 3.8) is 0 Å². The van der Waals surface area contributed by atoms with Gasteiger partial charge in [0.05, 0.1) is 22.9 Å². The van der Waals surface area contributed by atoms with E-state index in [0.29, 0.717) is 16.8 Å². The summed E-state index contributed by atoms with van der Waals surface area (Å²) >= 11 is 1.41. The van der Waals surface area contributed by atoms with E-state index in [9.17, 15) is 8.42 Å². The Morgan fingerprint density at radius 3 is 2.88 bits per heavy atom. The lowest BCUT2D eigenvalue weighted by Gasteiger charge is -2.37. The fourth-order valence-electron chi connectivity index (χ4n) is 3.59. The largest absolute Gasteiger partial charge is 0.443 e. The summed E-state index contributed by atoms with van der Waals surface area (Å²) < 4.78 is 32.5. The molecule has 0 aromatic carbocycles. The molecule has 0 amide bonds. The van der Waals surface area contributed by atoms with E-state index in [1.807, 2.05) is 6.07 Å². The van der Waals surface area contributed by atoms with E-state index in [1.54, 1.807) is 30.7 Å². The Morgan fingerprint density at radius 2 is 2.12 bits per heavy atom. The molecule has 0 aliphatic heterocycles. The number of nitrogens with one attached hydrogen (secondary N) is 3. The van der Waals surface area contributed by atoms with E-state index in [1.165, 1.54) is 11.9 Å². The number of rotatable bonds is 7. The highest BCUT2D eigenvalue weighted by atomic mass is 32.2. The molecule has 12 heteroatoms. The molecule has 0 saturated heterocycles. The summed E-state index contributed by atoms with van der Waals surface area (Å²) in [5.74, 6) is 0.196. The van der Waals surface area contributed by atoms with Crippen LogP contribution >= 0.6 is 11.9 Å². The van der Waals surface area contributed by atoms with Crippen molar-refractivity contribution >= 4 is 38.5 Å². The van der Waals surface area contributed by atoms with E-state index in [4.69, 9.17) is 9.68 Å². The van der Waals surface area contributed by atoms with Crippen molar-refractivity contribution in [1.82, 2.24) is 24.7 Å². The van der Waals surface area contributed by atoms with Crippen LogP contribution in [0.2, 0.25) is 0 Å². The molecule has 5 rings (SSSR count). The van der Waals surface area contributed by atoms with Gasteiger partial charge < -0.3 is 14.7 Å². The Bertz CT molecular complexity index is 1470. The molecule has 1 saturated carbocycles. The van der Waals surface area contributed by atoms with Crippen molar-refractivity contribution in [2.45, 2.75) is 35.0 Å². The van der Waals surface area contributed by atoms with Crippen LogP contribution in [0.3, 0.4) is 0 Å². The van der Waals surface area contributed by atoms with Gasteiger partial charge in [-0.05, 0) is 43.0 Å². The Labute approximate surface area is 193 Å². The number of fused-ring (bicyclic) bond motifs is 1. The minimum Gasteiger partial charge on any atom is -0.443 e. The fraction of sp³-hybridized carbons (Fsp3) is 0.238. The maximum atomic E-state index is 11.8. The molecule has 33 heavy (non-hydrogen) atoms. The molecule has 4 heterocycles. The first-order chi connectivity index (χ1) is 15.9. The number of sulfone groups is 1. The first-order valence-electron chi connectivity index (χ1n) is 10.1. The predicted octanol–water partition coefficient (Wildman–Crippen LogP) is 3.13. The lowest BCUT2D eigenvalue weighted by molar-refractivity contribution is 0.355. The highest BCUT2D eigenvalue weighted by Crippen LogP contribution is 2.36. The molecule has 0 bridgehead atoms. The van der Waals surface area contributed by atoms with Crippen molar-refractivity contribution in [2.24, 2.45) is 0 Å². The number of nitriles is 1. The molecule has 10 nitrogen and oxygen atoms in total. The van der Waals surface area contributed by atoms with Gasteiger partial charge >= 0.3 is 0 Å². The third-order valence-electron chi connectivity index (χ3n) is 5.36. The van der Waals surface area contributed by atoms with Crippen molar-refractivity contribution in [3.05, 3.63) is 48.6 Å². The van der Waals surface area contributed by atoms with Crippen LogP contribution in [0.5, 0.6) is 0 Å². The highest BCUT2D eigenvalue weighted by molar-refractivity contribution is 7.97. The van der Waals surface area contributed by atoms with Gasteiger partial charge in [-0.3, -0.25) is 4.72 Å². The number of nitrogens with zero attached hydrogens (tertiary/aromatic N) is 4. The number of H-pyrrole nitrogens is 1. The highest BCUT2D eigenvalue weighted by Gasteiger charge is 2.31. The van der Waals surface area contributed by atoms with Crippen molar-refractivity contribution < 1.29 is 12.8 Å². The summed E-state index contributed by atoms with van der Waals surface area (Å²) in [5.41, 5.74) is 2.68. The second kappa shape index (κ2) is 8.51. The fourth-order valence-corrected chi connectivity index (χ4v) is 4.84. The van der Waals surface area contributed by atoms with E-state index >= 15 is 0 Å². The van der Waals surface area contributed by atoms with Gasteiger partial charge in [-0.25, -0.2) is 18.4 Å². The van der Waals surface area contributed by atoms with E-state index < -0.39 is 9.84 Å². The van der Waals surface area contributed by atoms with Crippen molar-refractivity contribution in [2.75, 3.05) is 11.6 Å². The molecule has 1 aliphatic rings. The Balaban J connectivity index is 1.30. The number of pyridine rings is 2. The molecule has 4 aromatic rings. The molecule has 168 valence electrons. The Hall–Kier alpha value is -3.40. The predicted molar refractivity (Wildman–Crippen MR) is 123 cm³/mol. The zero-order valence-corrected chi connectivity index (χ0v) is 19.1. The van der Waals surface area contributed by atoms with Gasteiger partial charge in [0.15, 0.2) is 14.9 Å². The average molecular weight is 482 g/mol. The first kappa shape index (κ1) is 21.4. The van der Waals surface area contributed by atoms with Gasteiger partial charge in [0.1, 0.15) is 16.9 Å². The summed E-state index contributed by atoms with van der Waals surface area (Å²) in [7, 11) is -3.48. The smallest absolute Gasteiger partial charge is 0.230 e. The lowest BCUT2D eigenvalue weighted by atomic mass is 9.87. The van der Waals surface area contributed by atoms with Gasteiger partial charge in [-0.2, -0.15) is 10.2 Å². The van der Waals surface area contributed by atoms with Crippen LogP contribution in [0.1, 0.15) is 18.4 Å². The number of oxazole rings is 1. The first-order valence-corrected chi connectivity index (χ1v) is 12.8. The summed E-state index contributed by atoms with van der Waals surface area (Å²) in [4.78, 5) is 15.9. The normalized spacial score (nSPS) is 18.1. The van der Waals surface area contributed by atoms with Crippen LogP contribution in [-0.4, -0.2) is 46.7 Å². The number of anilines is 1. The van der Waals surface area contributed by atoms with E-state index in [0.717, 1.165) is 41.5 Å². The maximum absolute atomic E-state index is 11.8. The summed E-state index contributed by atoms with van der Waals surface area (Å²) in [6.45, 7) is 0. The molecule has 0 spiro atoms. The number of aromatic nitrogens is 4. The van der Waals surface area contributed by atoms with Crippen molar-refractivity contribution in [3.8, 4) is 17.5 Å². The van der Waals surface area contributed by atoms with Gasteiger partial charge in [-0.1, -0.05) is 0 Å². The standard InChI is InChI=1S/C21H19N7O3S2/c1-33(29,30)18-11-31-21(27-18)16-10-25-20-15(3-5-24-20)19(16)26-13-7-14(8-13)28-32-17-6-12(9-22)2-4-23-17/h2-6,10-11,13-14,28H,7-8H2,1H3,(H2,24,25,26)/t13-,14+. The van der Waals surface area contributed by atoms with Crippen LogP contribution < -0.4 is 10.0 Å². The molecular weight excluding hydrogens is 462 g/mol. The molecule has 4 aromatic heterocycles. The molecular formula is C21H19N7O3S2. The molecule has 1 aliphatic carbocycles. The lowest BCUT2D eigenvalue weighted by Crippen LogP contribution is -2.45. The molecule has 3 N–H and O–H groups in total. The van der Waals surface area contributed by atoms with Crippen LogP contribution in [0.15, 0.2) is 57.5 Å². The third kappa shape index (κ3) is 4.43. The molecule has 0 unspecified atom stereocenters. The average Bonchev–Trinajstić information content (AvgIpc) is 3.45. The molecule has 0 atom stereocenters. The van der Waals surface area contributed by atoms with Crippen LogP contribution in [0.4, 0.5) is 5.69 Å². The van der Waals surface area contributed by atoms with E-state index in [2.05, 4.69) is 36.0 Å². The topological polar surface area (TPSA) is 150 Å². The van der Waals surface area contributed by atoms with Gasteiger partial charge in [0.25, 0.3) is 0 Å². The van der Waals surface area contributed by atoms with Gasteiger partial charge in [0, 0.05) is 42.3 Å². The summed E-state index contributed by atoms with van der Waals surface area (Å²) in [6, 6.07) is 7.93. The van der Waals surface area contributed by atoms with Gasteiger partial charge in [-0.15, -0.1) is 0 Å². The number of hydrogen-bond donors (Lipinski definition) is 3. The Kier molecular flexibility index (Phi) is 5.53.